The Kier molecular flexibility index (Phi) is 4.97. The van der Waals surface area contributed by atoms with Crippen LogP contribution < -0.4 is 0 Å². The minimum atomic E-state index is -4.29. The average molecular weight is 245 g/mol. The van der Waals surface area contributed by atoms with Crippen molar-refractivity contribution in [2.75, 3.05) is 0 Å². The number of hydrogen-bond donors (Lipinski definition) is 0. The largest absolute Gasteiger partial charge is 0.417 e. The van der Waals surface area contributed by atoms with Gasteiger partial charge in [-0.1, -0.05) is 26.7 Å². The molecule has 4 heteroatoms. The summed E-state index contributed by atoms with van der Waals surface area (Å²) in [7, 11) is 0. The number of hydrogen-bond acceptors (Lipinski definition) is 1. The first-order valence-electron chi connectivity index (χ1n) is 6.02. The highest BCUT2D eigenvalue weighted by molar-refractivity contribution is 5.19. The van der Waals surface area contributed by atoms with Gasteiger partial charge in [0.2, 0.25) is 0 Å². The number of halogens is 3. The predicted octanol–water partition coefficient (Wildman–Crippen LogP) is 4.78. The molecule has 96 valence electrons. The molecule has 0 N–H and O–H groups in total. The van der Waals surface area contributed by atoms with Crippen LogP contribution in [0, 0.1) is 0 Å². The maximum absolute atomic E-state index is 12.4. The van der Waals surface area contributed by atoms with Crippen molar-refractivity contribution in [3.05, 3.63) is 29.6 Å². The van der Waals surface area contributed by atoms with Gasteiger partial charge in [-0.05, 0) is 25.0 Å². The van der Waals surface area contributed by atoms with Gasteiger partial charge in [-0.15, -0.1) is 0 Å². The molecule has 0 aromatic carbocycles. The van der Waals surface area contributed by atoms with Crippen LogP contribution in [0.2, 0.25) is 0 Å². The van der Waals surface area contributed by atoms with E-state index in [0.29, 0.717) is 0 Å². The third kappa shape index (κ3) is 4.02. The Morgan fingerprint density at radius 3 is 2.35 bits per heavy atom. The summed E-state index contributed by atoms with van der Waals surface area (Å²) in [5.74, 6) is 0.275. The van der Waals surface area contributed by atoms with Crippen LogP contribution in [0.25, 0.3) is 0 Å². The van der Waals surface area contributed by atoms with E-state index in [1.807, 2.05) is 6.92 Å². The van der Waals surface area contributed by atoms with Crippen LogP contribution >= 0.6 is 0 Å². The van der Waals surface area contributed by atoms with Crippen LogP contribution in [0.3, 0.4) is 0 Å². The SMILES string of the molecule is CCCCC(CC)c1ccc(C(F)(F)F)cn1. The summed E-state index contributed by atoms with van der Waals surface area (Å²) in [4.78, 5) is 3.95. The minimum absolute atomic E-state index is 0.275. The standard InChI is InChI=1S/C13H18F3N/c1-3-5-6-10(4-2)12-8-7-11(9-17-12)13(14,15)16/h7-10H,3-6H2,1-2H3. The fourth-order valence-corrected chi connectivity index (χ4v) is 1.83. The quantitative estimate of drug-likeness (QED) is 0.727. The van der Waals surface area contributed by atoms with Crippen molar-refractivity contribution in [2.45, 2.75) is 51.6 Å². The Labute approximate surface area is 100 Å². The van der Waals surface area contributed by atoms with Crippen molar-refractivity contribution in [1.82, 2.24) is 4.98 Å². The number of unbranched alkanes of at least 4 members (excludes halogenated alkanes) is 1. The molecule has 1 heterocycles. The van der Waals surface area contributed by atoms with Gasteiger partial charge >= 0.3 is 6.18 Å². The third-order valence-corrected chi connectivity index (χ3v) is 2.93. The van der Waals surface area contributed by atoms with E-state index in [9.17, 15) is 13.2 Å². The molecule has 0 fully saturated rings. The van der Waals surface area contributed by atoms with Crippen molar-refractivity contribution in [1.29, 1.82) is 0 Å². The van der Waals surface area contributed by atoms with Gasteiger partial charge in [-0.3, -0.25) is 4.98 Å². The maximum Gasteiger partial charge on any atom is 0.417 e. The Morgan fingerprint density at radius 1 is 1.24 bits per heavy atom. The van der Waals surface area contributed by atoms with Crippen LogP contribution in [0.15, 0.2) is 18.3 Å². The van der Waals surface area contributed by atoms with E-state index in [1.54, 1.807) is 0 Å². The lowest BCUT2D eigenvalue weighted by Crippen LogP contribution is -2.07. The molecule has 0 amide bonds. The minimum Gasteiger partial charge on any atom is -0.260 e. The first-order chi connectivity index (χ1) is 7.99. The fourth-order valence-electron chi connectivity index (χ4n) is 1.83. The first-order valence-corrected chi connectivity index (χ1v) is 6.02. The summed E-state index contributed by atoms with van der Waals surface area (Å²) < 4.78 is 37.1. The molecule has 17 heavy (non-hydrogen) atoms. The molecule has 0 saturated heterocycles. The predicted molar refractivity (Wildman–Crippen MR) is 61.8 cm³/mol. The second kappa shape index (κ2) is 6.03. The monoisotopic (exact) mass is 245 g/mol. The lowest BCUT2D eigenvalue weighted by molar-refractivity contribution is -0.137. The molecule has 1 nitrogen and oxygen atoms in total. The molecule has 1 aromatic heterocycles. The highest BCUT2D eigenvalue weighted by Gasteiger charge is 2.30. The second-order valence-corrected chi connectivity index (χ2v) is 4.22. The number of rotatable bonds is 5. The topological polar surface area (TPSA) is 12.9 Å². The molecule has 0 aliphatic rings. The fraction of sp³-hybridized carbons (Fsp3) is 0.615. The molecule has 1 atom stereocenters. The van der Waals surface area contributed by atoms with Crippen LogP contribution in [-0.4, -0.2) is 4.98 Å². The molecule has 1 unspecified atom stereocenters. The maximum atomic E-state index is 12.4. The van der Waals surface area contributed by atoms with E-state index in [-0.39, 0.29) is 5.92 Å². The van der Waals surface area contributed by atoms with E-state index < -0.39 is 11.7 Å². The van der Waals surface area contributed by atoms with E-state index in [2.05, 4.69) is 11.9 Å². The van der Waals surface area contributed by atoms with Crippen molar-refractivity contribution >= 4 is 0 Å². The molecule has 0 aliphatic heterocycles. The Hall–Kier alpha value is -1.06. The van der Waals surface area contributed by atoms with E-state index in [1.165, 1.54) is 6.07 Å². The van der Waals surface area contributed by atoms with Gasteiger partial charge in [0, 0.05) is 17.8 Å². The zero-order valence-corrected chi connectivity index (χ0v) is 10.2. The van der Waals surface area contributed by atoms with Crippen LogP contribution in [0.1, 0.15) is 56.7 Å². The van der Waals surface area contributed by atoms with Gasteiger partial charge in [-0.2, -0.15) is 13.2 Å². The lowest BCUT2D eigenvalue weighted by Gasteiger charge is -2.14. The smallest absolute Gasteiger partial charge is 0.260 e. The normalized spacial score (nSPS) is 13.7. The Bertz CT molecular complexity index is 330. The van der Waals surface area contributed by atoms with Crippen LogP contribution in [-0.2, 0) is 6.18 Å². The molecular formula is C13H18F3N. The molecule has 0 bridgehead atoms. The van der Waals surface area contributed by atoms with Crippen molar-refractivity contribution < 1.29 is 13.2 Å². The van der Waals surface area contributed by atoms with Crippen molar-refractivity contribution in [3.63, 3.8) is 0 Å². The third-order valence-electron chi connectivity index (χ3n) is 2.93. The van der Waals surface area contributed by atoms with Gasteiger partial charge in [0.15, 0.2) is 0 Å². The van der Waals surface area contributed by atoms with Crippen molar-refractivity contribution in [3.8, 4) is 0 Å². The highest BCUT2D eigenvalue weighted by Crippen LogP contribution is 2.30. The van der Waals surface area contributed by atoms with Gasteiger partial charge < -0.3 is 0 Å². The number of alkyl halides is 3. The van der Waals surface area contributed by atoms with E-state index in [4.69, 9.17) is 0 Å². The molecular weight excluding hydrogens is 227 g/mol. The summed E-state index contributed by atoms with van der Waals surface area (Å²) in [6.07, 6.45) is 0.725. The molecule has 1 rings (SSSR count). The number of pyridine rings is 1. The summed E-state index contributed by atoms with van der Waals surface area (Å²) >= 11 is 0. The summed E-state index contributed by atoms with van der Waals surface area (Å²) in [6, 6.07) is 2.63. The van der Waals surface area contributed by atoms with Gasteiger partial charge in [-0.25, -0.2) is 0 Å². The molecule has 0 spiro atoms. The van der Waals surface area contributed by atoms with Gasteiger partial charge in [0.05, 0.1) is 5.56 Å². The first kappa shape index (κ1) is 14.0. The number of nitrogens with zero attached hydrogens (tertiary/aromatic N) is 1. The molecule has 0 radical (unpaired) electrons. The van der Waals surface area contributed by atoms with Crippen LogP contribution in [0.5, 0.6) is 0 Å². The molecule has 1 aromatic rings. The zero-order chi connectivity index (χ0) is 12.9. The van der Waals surface area contributed by atoms with E-state index in [0.717, 1.165) is 43.6 Å². The number of aromatic nitrogens is 1. The Balaban J connectivity index is 2.78. The highest BCUT2D eigenvalue weighted by atomic mass is 19.4. The average Bonchev–Trinajstić information content (AvgIpc) is 2.29. The summed E-state index contributed by atoms with van der Waals surface area (Å²) in [5.41, 5.74) is 0.0977. The Morgan fingerprint density at radius 2 is 1.94 bits per heavy atom. The molecule has 0 saturated carbocycles. The lowest BCUT2D eigenvalue weighted by atomic mass is 9.95. The van der Waals surface area contributed by atoms with Crippen molar-refractivity contribution in [2.24, 2.45) is 0 Å². The second-order valence-electron chi connectivity index (χ2n) is 4.22. The van der Waals surface area contributed by atoms with Crippen LogP contribution in [0.4, 0.5) is 13.2 Å². The van der Waals surface area contributed by atoms with E-state index >= 15 is 0 Å². The summed E-state index contributed by atoms with van der Waals surface area (Å²) in [6.45, 7) is 4.15. The summed E-state index contributed by atoms with van der Waals surface area (Å²) in [5, 5.41) is 0. The zero-order valence-electron chi connectivity index (χ0n) is 10.2. The van der Waals surface area contributed by atoms with Gasteiger partial charge in [0.1, 0.15) is 0 Å². The van der Waals surface area contributed by atoms with Gasteiger partial charge in [0.25, 0.3) is 0 Å². The molecule has 0 aliphatic carbocycles.